The van der Waals surface area contributed by atoms with E-state index in [1.165, 1.54) is 5.56 Å². The number of H-pyrrole nitrogens is 1. The molecule has 5 N–H and O–H groups in total. The van der Waals surface area contributed by atoms with Crippen molar-refractivity contribution in [2.75, 3.05) is 11.5 Å². The van der Waals surface area contributed by atoms with Crippen molar-refractivity contribution in [3.05, 3.63) is 23.8 Å². The van der Waals surface area contributed by atoms with Crippen molar-refractivity contribution in [2.24, 2.45) is 0 Å². The average Bonchev–Trinajstić information content (AvgIpc) is 2.31. The quantitative estimate of drug-likeness (QED) is 0.549. The van der Waals surface area contributed by atoms with Crippen molar-refractivity contribution >= 4 is 22.4 Å². The van der Waals surface area contributed by atoms with Gasteiger partial charge in [-0.2, -0.15) is 0 Å². The third kappa shape index (κ3) is 0.830. The highest BCUT2D eigenvalue weighted by Gasteiger charge is 2.04. The van der Waals surface area contributed by atoms with E-state index in [9.17, 15) is 0 Å². The van der Waals surface area contributed by atoms with Gasteiger partial charge in [0.2, 0.25) is 0 Å². The molecule has 0 fully saturated rings. The van der Waals surface area contributed by atoms with Crippen LogP contribution in [0.2, 0.25) is 0 Å². The maximum Gasteiger partial charge on any atom is 0.125 e. The molecule has 0 amide bonds. The molecule has 3 nitrogen and oxygen atoms in total. The lowest BCUT2D eigenvalue weighted by Crippen LogP contribution is -1.90. The van der Waals surface area contributed by atoms with E-state index >= 15 is 0 Å². The van der Waals surface area contributed by atoms with Gasteiger partial charge in [-0.05, 0) is 19.1 Å². The van der Waals surface area contributed by atoms with Crippen LogP contribution in [-0.2, 0) is 0 Å². The van der Waals surface area contributed by atoms with E-state index < -0.39 is 0 Å². The van der Waals surface area contributed by atoms with Crippen LogP contribution in [0.4, 0.5) is 11.5 Å². The van der Waals surface area contributed by atoms with Crippen molar-refractivity contribution in [2.45, 2.75) is 6.92 Å². The Kier molecular flexibility index (Phi) is 1.27. The summed E-state index contributed by atoms with van der Waals surface area (Å²) in [6.45, 7) is 2.03. The van der Waals surface area contributed by atoms with Crippen molar-refractivity contribution in [1.82, 2.24) is 4.98 Å². The molecule has 0 radical (unpaired) electrons. The monoisotopic (exact) mass is 161 g/mol. The molecule has 0 atom stereocenters. The standard InChI is InChI=1S/C9H11N3/c1-5-2-3-7-6(4-5)8(10)9(11)12-7/h2-4,12H,10-11H2,1H3. The molecule has 0 unspecified atom stereocenters. The largest absolute Gasteiger partial charge is 0.395 e. The summed E-state index contributed by atoms with van der Waals surface area (Å²) in [6, 6.07) is 6.03. The molecule has 0 saturated heterocycles. The number of rotatable bonds is 0. The van der Waals surface area contributed by atoms with Crippen molar-refractivity contribution in [1.29, 1.82) is 0 Å². The highest BCUT2D eigenvalue weighted by Crippen LogP contribution is 2.26. The predicted octanol–water partition coefficient (Wildman–Crippen LogP) is 1.64. The minimum Gasteiger partial charge on any atom is -0.395 e. The molecule has 2 aromatic rings. The van der Waals surface area contributed by atoms with Crippen molar-refractivity contribution in [3.63, 3.8) is 0 Å². The fourth-order valence-electron chi connectivity index (χ4n) is 1.35. The van der Waals surface area contributed by atoms with Gasteiger partial charge in [0.1, 0.15) is 5.82 Å². The summed E-state index contributed by atoms with van der Waals surface area (Å²) in [6.07, 6.45) is 0. The van der Waals surface area contributed by atoms with Crippen molar-refractivity contribution < 1.29 is 0 Å². The molecule has 0 aliphatic heterocycles. The number of aromatic amines is 1. The molecule has 2 rings (SSSR count). The number of hydrogen-bond donors (Lipinski definition) is 3. The fraction of sp³-hybridized carbons (Fsp3) is 0.111. The first-order valence-corrected chi connectivity index (χ1v) is 3.82. The molecule has 1 aromatic heterocycles. The van der Waals surface area contributed by atoms with Crippen LogP contribution in [0.15, 0.2) is 18.2 Å². The molecule has 0 bridgehead atoms. The second-order valence-electron chi connectivity index (χ2n) is 3.00. The number of aryl methyl sites for hydroxylation is 1. The number of hydrogen-bond acceptors (Lipinski definition) is 2. The van der Waals surface area contributed by atoms with E-state index in [1.807, 2.05) is 25.1 Å². The van der Waals surface area contributed by atoms with Gasteiger partial charge in [-0.15, -0.1) is 0 Å². The lowest BCUT2D eigenvalue weighted by atomic mass is 10.1. The van der Waals surface area contributed by atoms with Crippen LogP contribution in [0.5, 0.6) is 0 Å². The van der Waals surface area contributed by atoms with Gasteiger partial charge in [-0.1, -0.05) is 11.6 Å². The molecule has 1 heterocycles. The smallest absolute Gasteiger partial charge is 0.125 e. The third-order valence-corrected chi connectivity index (χ3v) is 2.02. The highest BCUT2D eigenvalue weighted by atomic mass is 14.9. The van der Waals surface area contributed by atoms with Crippen LogP contribution < -0.4 is 11.5 Å². The van der Waals surface area contributed by atoms with E-state index in [0.717, 1.165) is 10.9 Å². The highest BCUT2D eigenvalue weighted by molar-refractivity contribution is 5.97. The first kappa shape index (κ1) is 7.03. The van der Waals surface area contributed by atoms with Crippen LogP contribution in [0.3, 0.4) is 0 Å². The fourth-order valence-corrected chi connectivity index (χ4v) is 1.35. The SMILES string of the molecule is Cc1ccc2[nH]c(N)c(N)c2c1. The summed E-state index contributed by atoms with van der Waals surface area (Å²) in [5.74, 6) is 0.551. The first-order valence-electron chi connectivity index (χ1n) is 3.82. The summed E-state index contributed by atoms with van der Waals surface area (Å²) in [5, 5.41) is 1.01. The van der Waals surface area contributed by atoms with Crippen molar-refractivity contribution in [3.8, 4) is 0 Å². The molecule has 0 spiro atoms. The van der Waals surface area contributed by atoms with Crippen LogP contribution in [0.1, 0.15) is 5.56 Å². The van der Waals surface area contributed by atoms with Gasteiger partial charge < -0.3 is 16.5 Å². The Morgan fingerprint density at radius 3 is 2.75 bits per heavy atom. The summed E-state index contributed by atoms with van der Waals surface area (Å²) < 4.78 is 0. The van der Waals surface area contributed by atoms with Gasteiger partial charge in [-0.3, -0.25) is 0 Å². The molecule has 0 aliphatic carbocycles. The lowest BCUT2D eigenvalue weighted by molar-refractivity contribution is 1.46. The molecular weight excluding hydrogens is 150 g/mol. The third-order valence-electron chi connectivity index (χ3n) is 2.02. The van der Waals surface area contributed by atoms with Gasteiger partial charge in [0, 0.05) is 10.9 Å². The lowest BCUT2D eigenvalue weighted by Gasteiger charge is -1.93. The number of benzene rings is 1. The number of anilines is 2. The Morgan fingerprint density at radius 2 is 2.00 bits per heavy atom. The summed E-state index contributed by atoms with van der Waals surface area (Å²) in [4.78, 5) is 3.01. The minimum atomic E-state index is 0.551. The zero-order chi connectivity index (χ0) is 8.72. The average molecular weight is 161 g/mol. The Bertz CT molecular complexity index is 429. The topological polar surface area (TPSA) is 67.8 Å². The van der Waals surface area contributed by atoms with Gasteiger partial charge in [0.05, 0.1) is 5.69 Å². The maximum absolute atomic E-state index is 5.75. The number of nitrogens with two attached hydrogens (primary N) is 2. The summed E-state index contributed by atoms with van der Waals surface area (Å²) in [5.41, 5.74) is 14.2. The van der Waals surface area contributed by atoms with Crippen LogP contribution in [0.25, 0.3) is 10.9 Å². The first-order chi connectivity index (χ1) is 5.68. The van der Waals surface area contributed by atoms with E-state index in [0.29, 0.717) is 11.5 Å². The van der Waals surface area contributed by atoms with E-state index in [4.69, 9.17) is 11.5 Å². The number of aromatic nitrogens is 1. The summed E-state index contributed by atoms with van der Waals surface area (Å²) >= 11 is 0. The van der Waals surface area contributed by atoms with Gasteiger partial charge in [0.15, 0.2) is 0 Å². The number of nitrogens with one attached hydrogen (secondary N) is 1. The number of nitrogen functional groups attached to an aromatic ring is 2. The Hall–Kier alpha value is -1.64. The Morgan fingerprint density at radius 1 is 1.25 bits per heavy atom. The zero-order valence-corrected chi connectivity index (χ0v) is 6.89. The van der Waals surface area contributed by atoms with E-state index in [2.05, 4.69) is 4.98 Å². The number of fused-ring (bicyclic) bond motifs is 1. The normalized spacial score (nSPS) is 10.8. The van der Waals surface area contributed by atoms with E-state index in [-0.39, 0.29) is 0 Å². The predicted molar refractivity (Wildman–Crippen MR) is 51.9 cm³/mol. The maximum atomic E-state index is 5.75. The Balaban J connectivity index is 2.88. The van der Waals surface area contributed by atoms with Gasteiger partial charge >= 0.3 is 0 Å². The zero-order valence-electron chi connectivity index (χ0n) is 6.89. The molecule has 0 aliphatic rings. The van der Waals surface area contributed by atoms with Crippen LogP contribution in [0, 0.1) is 6.92 Å². The summed E-state index contributed by atoms with van der Waals surface area (Å²) in [7, 11) is 0. The molecular formula is C9H11N3. The van der Waals surface area contributed by atoms with Gasteiger partial charge in [-0.25, -0.2) is 0 Å². The van der Waals surface area contributed by atoms with Crippen LogP contribution >= 0.6 is 0 Å². The van der Waals surface area contributed by atoms with E-state index in [1.54, 1.807) is 0 Å². The second kappa shape index (κ2) is 2.17. The minimum absolute atomic E-state index is 0.551. The molecule has 3 heteroatoms. The molecule has 0 saturated carbocycles. The molecule has 12 heavy (non-hydrogen) atoms. The molecule has 1 aromatic carbocycles. The van der Waals surface area contributed by atoms with Gasteiger partial charge in [0.25, 0.3) is 0 Å². The molecule has 62 valence electrons. The Labute approximate surface area is 70.4 Å². The van der Waals surface area contributed by atoms with Crippen LogP contribution in [-0.4, -0.2) is 4.98 Å². The second-order valence-corrected chi connectivity index (χ2v) is 3.00.